The normalized spacial score (nSPS) is 10.8. The summed E-state index contributed by atoms with van der Waals surface area (Å²) in [6.45, 7) is 8.71. The fourth-order valence-electron chi connectivity index (χ4n) is 1.13. The van der Waals surface area contributed by atoms with Gasteiger partial charge in [-0.1, -0.05) is 20.4 Å². The van der Waals surface area contributed by atoms with E-state index in [9.17, 15) is 9.59 Å². The van der Waals surface area contributed by atoms with Gasteiger partial charge in [0.2, 0.25) is 0 Å². The Morgan fingerprint density at radius 2 is 1.85 bits per heavy atom. The van der Waals surface area contributed by atoms with Gasteiger partial charge in [-0.2, -0.15) is 0 Å². The molecule has 0 rings (SSSR count). The number of hydrogen-bond acceptors (Lipinski definition) is 3. The molecule has 0 saturated carbocycles. The minimum absolute atomic E-state index is 0.0371. The van der Waals surface area contributed by atoms with Gasteiger partial charge in [0.25, 0.3) is 0 Å². The van der Waals surface area contributed by atoms with Crippen molar-refractivity contribution in [2.45, 2.75) is 27.2 Å². The molecule has 0 unspecified atom stereocenters. The van der Waals surface area contributed by atoms with Crippen molar-refractivity contribution in [1.82, 2.24) is 0 Å². The fraction of sp³-hybridized carbons (Fsp3) is 0.600. The molecule has 3 nitrogen and oxygen atoms in total. The molecular formula is C10H16O3. The maximum atomic E-state index is 11.1. The molecule has 74 valence electrons. The van der Waals surface area contributed by atoms with Crippen molar-refractivity contribution in [2.75, 3.05) is 7.11 Å². The van der Waals surface area contributed by atoms with Crippen molar-refractivity contribution in [3.63, 3.8) is 0 Å². The molecule has 0 aliphatic rings. The third-order valence-electron chi connectivity index (χ3n) is 1.94. The molecule has 3 heteroatoms. The van der Waals surface area contributed by atoms with E-state index < -0.39 is 11.4 Å². The minimum atomic E-state index is -0.515. The van der Waals surface area contributed by atoms with Crippen molar-refractivity contribution >= 4 is 11.8 Å². The van der Waals surface area contributed by atoms with Gasteiger partial charge in [-0.25, -0.2) is 4.79 Å². The Kier molecular flexibility index (Phi) is 3.85. The smallest absolute Gasteiger partial charge is 0.333 e. The zero-order valence-corrected chi connectivity index (χ0v) is 8.64. The third kappa shape index (κ3) is 3.40. The van der Waals surface area contributed by atoms with Crippen LogP contribution in [-0.2, 0) is 14.3 Å². The van der Waals surface area contributed by atoms with Crippen molar-refractivity contribution in [3.05, 3.63) is 12.2 Å². The van der Waals surface area contributed by atoms with Crippen LogP contribution < -0.4 is 0 Å². The van der Waals surface area contributed by atoms with Crippen molar-refractivity contribution in [1.29, 1.82) is 0 Å². The molecule has 0 aliphatic carbocycles. The molecule has 0 bridgehead atoms. The Labute approximate surface area is 78.8 Å². The lowest BCUT2D eigenvalue weighted by atomic mass is 9.80. The highest BCUT2D eigenvalue weighted by atomic mass is 16.5. The predicted octanol–water partition coefficient (Wildman–Crippen LogP) is 1.72. The molecule has 0 spiro atoms. The number of esters is 1. The Bertz CT molecular complexity index is 239. The number of methoxy groups -OCH3 is 1. The van der Waals surface area contributed by atoms with Gasteiger partial charge in [-0.05, 0) is 6.92 Å². The number of carbonyl (C=O) groups excluding carboxylic acids is 2. The minimum Gasteiger partial charge on any atom is -0.466 e. The Morgan fingerprint density at radius 3 is 2.15 bits per heavy atom. The van der Waals surface area contributed by atoms with Crippen LogP contribution in [0.2, 0.25) is 0 Å². The maximum Gasteiger partial charge on any atom is 0.333 e. The van der Waals surface area contributed by atoms with Crippen LogP contribution in [-0.4, -0.2) is 18.9 Å². The second kappa shape index (κ2) is 4.21. The highest BCUT2D eigenvalue weighted by Crippen LogP contribution is 2.29. The van der Waals surface area contributed by atoms with Crippen LogP contribution in [0.15, 0.2) is 12.2 Å². The predicted molar refractivity (Wildman–Crippen MR) is 50.2 cm³/mol. The second-order valence-electron chi connectivity index (χ2n) is 3.73. The lowest BCUT2D eigenvalue weighted by molar-refractivity contribution is -0.137. The van der Waals surface area contributed by atoms with E-state index in [1.807, 2.05) is 0 Å². The van der Waals surface area contributed by atoms with Crippen LogP contribution in [0.4, 0.5) is 0 Å². The van der Waals surface area contributed by atoms with Crippen LogP contribution in [0.5, 0.6) is 0 Å². The molecule has 0 heterocycles. The summed E-state index contributed by atoms with van der Waals surface area (Å²) in [4.78, 5) is 22.0. The summed E-state index contributed by atoms with van der Waals surface area (Å²) in [6, 6.07) is 0. The summed E-state index contributed by atoms with van der Waals surface area (Å²) < 4.78 is 4.53. The van der Waals surface area contributed by atoms with Crippen LogP contribution in [0.1, 0.15) is 27.2 Å². The first-order valence-electron chi connectivity index (χ1n) is 4.08. The van der Waals surface area contributed by atoms with E-state index in [1.165, 1.54) is 14.0 Å². The first-order valence-corrected chi connectivity index (χ1v) is 4.08. The first-order chi connectivity index (χ1) is 5.81. The van der Waals surface area contributed by atoms with Gasteiger partial charge in [-0.3, -0.25) is 4.79 Å². The number of ketones is 1. The number of carbonyl (C=O) groups is 2. The summed E-state index contributed by atoms with van der Waals surface area (Å²) >= 11 is 0. The molecule has 0 aliphatic heterocycles. The second-order valence-corrected chi connectivity index (χ2v) is 3.73. The zero-order valence-electron chi connectivity index (χ0n) is 8.64. The van der Waals surface area contributed by atoms with Crippen molar-refractivity contribution < 1.29 is 14.3 Å². The highest BCUT2D eigenvalue weighted by Gasteiger charge is 2.28. The van der Waals surface area contributed by atoms with Crippen molar-refractivity contribution in [2.24, 2.45) is 5.41 Å². The van der Waals surface area contributed by atoms with Crippen LogP contribution >= 0.6 is 0 Å². The largest absolute Gasteiger partial charge is 0.466 e. The van der Waals surface area contributed by atoms with E-state index in [1.54, 1.807) is 13.8 Å². The topological polar surface area (TPSA) is 43.4 Å². The fourth-order valence-corrected chi connectivity index (χ4v) is 1.13. The Morgan fingerprint density at radius 1 is 1.38 bits per heavy atom. The zero-order chi connectivity index (χ0) is 10.6. The number of rotatable bonds is 4. The molecule has 13 heavy (non-hydrogen) atoms. The lowest BCUT2D eigenvalue weighted by Crippen LogP contribution is -2.23. The van der Waals surface area contributed by atoms with Crippen molar-refractivity contribution in [3.8, 4) is 0 Å². The standard InChI is InChI=1S/C10H16O3/c1-7(11)6-10(3,4)8(2)9(12)13-5/h2,6H2,1,3-5H3. The summed E-state index contributed by atoms with van der Waals surface area (Å²) in [5.74, 6) is -0.415. The average molecular weight is 184 g/mol. The molecule has 0 aromatic rings. The first kappa shape index (κ1) is 11.9. The van der Waals surface area contributed by atoms with Gasteiger partial charge in [0.15, 0.2) is 0 Å². The van der Waals surface area contributed by atoms with E-state index in [4.69, 9.17) is 0 Å². The molecule has 0 atom stereocenters. The third-order valence-corrected chi connectivity index (χ3v) is 1.94. The quantitative estimate of drug-likeness (QED) is 0.493. The van der Waals surface area contributed by atoms with Crippen LogP contribution in [0.25, 0.3) is 0 Å². The number of Topliss-reactive ketones (excluding diaryl/α,β-unsaturated/α-hetero) is 1. The molecule has 0 fully saturated rings. The molecule has 0 radical (unpaired) electrons. The van der Waals surface area contributed by atoms with Gasteiger partial charge in [0.1, 0.15) is 5.78 Å². The summed E-state index contributed by atoms with van der Waals surface area (Å²) in [7, 11) is 1.30. The summed E-state index contributed by atoms with van der Waals surface area (Å²) in [5, 5.41) is 0. The maximum absolute atomic E-state index is 11.1. The molecule has 0 aromatic heterocycles. The number of ether oxygens (including phenoxy) is 1. The summed E-state index contributed by atoms with van der Waals surface area (Å²) in [6.07, 6.45) is 0.306. The van der Waals surface area contributed by atoms with Gasteiger partial charge in [-0.15, -0.1) is 0 Å². The monoisotopic (exact) mass is 184 g/mol. The lowest BCUT2D eigenvalue weighted by Gasteiger charge is -2.23. The molecule has 0 saturated heterocycles. The average Bonchev–Trinajstić information content (AvgIpc) is 1.99. The van der Waals surface area contributed by atoms with E-state index >= 15 is 0 Å². The SMILES string of the molecule is C=C(C(=O)OC)C(C)(C)CC(C)=O. The van der Waals surface area contributed by atoms with Crippen LogP contribution in [0, 0.1) is 5.41 Å². The Balaban J connectivity index is 4.53. The highest BCUT2D eigenvalue weighted by molar-refractivity contribution is 5.90. The molecule has 0 aromatic carbocycles. The summed E-state index contributed by atoms with van der Waals surface area (Å²) in [5.41, 5.74) is -0.177. The van der Waals surface area contributed by atoms with Gasteiger partial charge in [0, 0.05) is 17.4 Å². The molecule has 0 N–H and O–H groups in total. The van der Waals surface area contributed by atoms with Gasteiger partial charge >= 0.3 is 5.97 Å². The molecular weight excluding hydrogens is 168 g/mol. The van der Waals surface area contributed by atoms with E-state index in [0.29, 0.717) is 12.0 Å². The van der Waals surface area contributed by atoms with Crippen LogP contribution in [0.3, 0.4) is 0 Å². The molecule has 0 amide bonds. The number of hydrogen-bond donors (Lipinski definition) is 0. The van der Waals surface area contributed by atoms with Gasteiger partial charge in [0.05, 0.1) is 7.11 Å². The van der Waals surface area contributed by atoms with Gasteiger partial charge < -0.3 is 4.74 Å². The van der Waals surface area contributed by atoms with E-state index in [0.717, 1.165) is 0 Å². The van der Waals surface area contributed by atoms with E-state index in [2.05, 4.69) is 11.3 Å². The van der Waals surface area contributed by atoms with E-state index in [-0.39, 0.29) is 5.78 Å². The Hall–Kier alpha value is -1.12.